The Morgan fingerprint density at radius 2 is 1.14 bits per heavy atom. The van der Waals surface area contributed by atoms with Gasteiger partial charge in [-0.1, -0.05) is 54.9 Å². The largest absolute Gasteiger partial charge is 0.513 e. The van der Waals surface area contributed by atoms with E-state index in [-0.39, 0.29) is 0 Å². The highest BCUT2D eigenvalue weighted by atomic mass is 16.3. The van der Waals surface area contributed by atoms with Crippen molar-refractivity contribution in [3.05, 3.63) is 11.3 Å². The van der Waals surface area contributed by atoms with Crippen LogP contribution in [0.2, 0.25) is 0 Å². The molecule has 0 saturated carbocycles. The average molecular weight is 204 g/mol. The predicted octanol–water partition coefficient (Wildman–Crippen LogP) is 5.72. The molecule has 1 nitrogen and oxygen atoms in total. The van der Waals surface area contributed by atoms with Gasteiger partial charge in [0.15, 0.2) is 0 Å². The number of aliphatic hydroxyl groups excluding tert-OH is 1. The van der Waals surface area contributed by atoms with E-state index >= 15 is 0 Å². The maximum atomic E-state index is 8.83. The van der Waals surface area contributed by atoms with Crippen molar-refractivity contribution in [3.63, 3.8) is 0 Å². The van der Waals surface area contributed by atoms with Gasteiger partial charge in [-0.3, -0.25) is 0 Å². The molecule has 0 atom stereocenters. The topological polar surface area (TPSA) is 20.2 Å². The van der Waals surface area contributed by atoms with Crippen LogP contribution >= 0.6 is 0 Å². The molecule has 0 aromatic carbocycles. The maximum absolute atomic E-state index is 8.83. The summed E-state index contributed by atoms with van der Waals surface area (Å²) in [5, 5.41) is 8.83. The van der Waals surface area contributed by atoms with E-state index in [2.05, 4.69) is 6.92 Å². The summed E-state index contributed by atoms with van der Waals surface area (Å²) in [6.07, 6.45) is 2.13. The highest BCUT2D eigenvalue weighted by Crippen LogP contribution is 2.06. The van der Waals surface area contributed by atoms with Gasteiger partial charge in [-0.05, 0) is 25.8 Å². The standard InChI is InChI=1S/C7H14O.3C2H6/c1-4-5-6(2)7(3)8;3*1-2/h8H,4-5H2,1-3H3;3*1-2H3/b7-6-;;;. The quantitative estimate of drug-likeness (QED) is 0.571. The van der Waals surface area contributed by atoms with Gasteiger partial charge in [0.05, 0.1) is 5.76 Å². The number of hydrogen-bond acceptors (Lipinski definition) is 1. The van der Waals surface area contributed by atoms with Crippen molar-refractivity contribution in [2.45, 2.75) is 75.2 Å². The minimum absolute atomic E-state index is 0.479. The van der Waals surface area contributed by atoms with Gasteiger partial charge in [-0.2, -0.15) is 0 Å². The SMILES string of the molecule is CC.CC.CC.CCC/C(C)=C(/C)O. The summed E-state index contributed by atoms with van der Waals surface area (Å²) in [6, 6.07) is 0. The van der Waals surface area contributed by atoms with Gasteiger partial charge in [-0.15, -0.1) is 0 Å². The average Bonchev–Trinajstić information content (AvgIpc) is 2.27. The minimum atomic E-state index is 0.479. The molecule has 0 spiro atoms. The summed E-state index contributed by atoms with van der Waals surface area (Å²) >= 11 is 0. The highest BCUT2D eigenvalue weighted by molar-refractivity contribution is 5.00. The van der Waals surface area contributed by atoms with E-state index in [4.69, 9.17) is 5.11 Å². The first-order valence-corrected chi connectivity index (χ1v) is 6.03. The van der Waals surface area contributed by atoms with Crippen LogP contribution in [0.1, 0.15) is 75.2 Å². The monoisotopic (exact) mass is 204 g/mol. The molecule has 0 saturated heterocycles. The molecule has 0 aliphatic heterocycles. The second-order valence-electron chi connectivity index (χ2n) is 2.12. The summed E-state index contributed by atoms with van der Waals surface area (Å²) in [5.41, 5.74) is 1.10. The maximum Gasteiger partial charge on any atom is 0.0880 e. The first-order valence-electron chi connectivity index (χ1n) is 6.03. The van der Waals surface area contributed by atoms with Gasteiger partial charge < -0.3 is 5.11 Å². The van der Waals surface area contributed by atoms with Crippen molar-refractivity contribution in [2.75, 3.05) is 0 Å². The lowest BCUT2D eigenvalue weighted by Crippen LogP contribution is -1.80. The van der Waals surface area contributed by atoms with E-state index < -0.39 is 0 Å². The van der Waals surface area contributed by atoms with Crippen molar-refractivity contribution >= 4 is 0 Å². The molecule has 0 aromatic rings. The molecule has 0 bridgehead atoms. The van der Waals surface area contributed by atoms with Gasteiger partial charge in [-0.25, -0.2) is 0 Å². The van der Waals surface area contributed by atoms with Crippen LogP contribution in [-0.2, 0) is 0 Å². The fourth-order valence-electron chi connectivity index (χ4n) is 0.556. The minimum Gasteiger partial charge on any atom is -0.513 e. The second kappa shape index (κ2) is 29.4. The summed E-state index contributed by atoms with van der Waals surface area (Å²) in [6.45, 7) is 17.8. The van der Waals surface area contributed by atoms with Crippen molar-refractivity contribution in [2.24, 2.45) is 0 Å². The first kappa shape index (κ1) is 23.4. The van der Waals surface area contributed by atoms with E-state index in [1.54, 1.807) is 6.92 Å². The lowest BCUT2D eigenvalue weighted by atomic mass is 10.1. The molecule has 0 amide bonds. The summed E-state index contributed by atoms with van der Waals surface area (Å²) in [4.78, 5) is 0. The molecule has 0 aliphatic carbocycles. The van der Waals surface area contributed by atoms with Crippen molar-refractivity contribution in [1.82, 2.24) is 0 Å². The van der Waals surface area contributed by atoms with Crippen LogP contribution in [0.3, 0.4) is 0 Å². The molecular weight excluding hydrogens is 172 g/mol. The molecule has 0 radical (unpaired) electrons. The molecule has 0 aliphatic rings. The zero-order valence-corrected chi connectivity index (χ0v) is 11.9. The molecule has 1 N–H and O–H groups in total. The Labute approximate surface area is 92.2 Å². The van der Waals surface area contributed by atoms with Crippen LogP contribution in [0.15, 0.2) is 11.3 Å². The van der Waals surface area contributed by atoms with Gasteiger partial charge in [0.25, 0.3) is 0 Å². The molecule has 90 valence electrons. The van der Waals surface area contributed by atoms with Crippen LogP contribution in [0.4, 0.5) is 0 Å². The third kappa shape index (κ3) is 30.0. The fourth-order valence-corrected chi connectivity index (χ4v) is 0.556. The number of rotatable bonds is 2. The third-order valence-corrected chi connectivity index (χ3v) is 1.24. The molecule has 1 heteroatoms. The molecule has 0 aromatic heterocycles. The normalized spacial score (nSPS) is 8.93. The lowest BCUT2D eigenvalue weighted by molar-refractivity contribution is 0.404. The predicted molar refractivity (Wildman–Crippen MR) is 70.0 cm³/mol. The molecule has 14 heavy (non-hydrogen) atoms. The van der Waals surface area contributed by atoms with Crippen LogP contribution in [0.25, 0.3) is 0 Å². The Morgan fingerprint density at radius 1 is 0.857 bits per heavy atom. The second-order valence-corrected chi connectivity index (χ2v) is 2.12. The van der Waals surface area contributed by atoms with E-state index in [0.717, 1.165) is 18.4 Å². The van der Waals surface area contributed by atoms with Gasteiger partial charge >= 0.3 is 0 Å². The first-order chi connectivity index (χ1) is 6.68. The molecular formula is C13H32O. The molecule has 0 rings (SSSR count). The Morgan fingerprint density at radius 3 is 1.21 bits per heavy atom. The highest BCUT2D eigenvalue weighted by Gasteiger charge is 1.89. The molecule has 0 heterocycles. The fraction of sp³-hybridized carbons (Fsp3) is 0.846. The Balaban J connectivity index is -0.0000000708. The Bertz CT molecular complexity index is 89.4. The number of aliphatic hydroxyl groups is 1. The lowest BCUT2D eigenvalue weighted by Gasteiger charge is -1.96. The Kier molecular flexibility index (Phi) is 49.1. The third-order valence-electron chi connectivity index (χ3n) is 1.24. The van der Waals surface area contributed by atoms with Gasteiger partial charge in [0.1, 0.15) is 0 Å². The van der Waals surface area contributed by atoms with Crippen LogP contribution in [0, 0.1) is 0 Å². The smallest absolute Gasteiger partial charge is 0.0880 e. The number of allylic oxidation sites excluding steroid dienone is 2. The van der Waals surface area contributed by atoms with Crippen LogP contribution in [0.5, 0.6) is 0 Å². The van der Waals surface area contributed by atoms with Crippen molar-refractivity contribution in [3.8, 4) is 0 Å². The van der Waals surface area contributed by atoms with Crippen molar-refractivity contribution < 1.29 is 5.11 Å². The van der Waals surface area contributed by atoms with E-state index in [1.807, 2.05) is 48.5 Å². The zero-order chi connectivity index (χ0) is 12.6. The molecule has 0 unspecified atom stereocenters. The summed E-state index contributed by atoms with van der Waals surface area (Å²) in [7, 11) is 0. The Hall–Kier alpha value is -0.460. The zero-order valence-electron chi connectivity index (χ0n) is 11.9. The van der Waals surface area contributed by atoms with Gasteiger partial charge in [0, 0.05) is 0 Å². The van der Waals surface area contributed by atoms with Crippen LogP contribution < -0.4 is 0 Å². The van der Waals surface area contributed by atoms with E-state index in [9.17, 15) is 0 Å². The van der Waals surface area contributed by atoms with Gasteiger partial charge in [0.2, 0.25) is 0 Å². The summed E-state index contributed by atoms with van der Waals surface area (Å²) in [5.74, 6) is 0.479. The van der Waals surface area contributed by atoms with E-state index in [0.29, 0.717) is 5.76 Å². The van der Waals surface area contributed by atoms with Crippen LogP contribution in [-0.4, -0.2) is 5.11 Å². The van der Waals surface area contributed by atoms with Crippen molar-refractivity contribution in [1.29, 1.82) is 0 Å². The molecule has 0 fully saturated rings. The summed E-state index contributed by atoms with van der Waals surface area (Å²) < 4.78 is 0. The van der Waals surface area contributed by atoms with E-state index in [1.165, 1.54) is 0 Å². The number of hydrogen-bond donors (Lipinski definition) is 1.